The van der Waals surface area contributed by atoms with Crippen LogP contribution in [0.5, 0.6) is 5.75 Å². The number of hydrogen-bond donors (Lipinski definition) is 1. The Balaban J connectivity index is 1.57. The maximum absolute atomic E-state index is 5.69. The van der Waals surface area contributed by atoms with Gasteiger partial charge < -0.3 is 4.74 Å². The summed E-state index contributed by atoms with van der Waals surface area (Å²) in [4.78, 5) is 2.51. The Hall–Kier alpha value is -1.81. The van der Waals surface area contributed by atoms with Gasteiger partial charge in [-0.3, -0.25) is 10.00 Å². The Labute approximate surface area is 118 Å². The Morgan fingerprint density at radius 1 is 1.30 bits per heavy atom. The van der Waals surface area contributed by atoms with Crippen molar-refractivity contribution in [1.29, 1.82) is 0 Å². The van der Waals surface area contributed by atoms with Crippen molar-refractivity contribution < 1.29 is 4.74 Å². The van der Waals surface area contributed by atoms with Crippen LogP contribution < -0.4 is 4.74 Å². The molecule has 1 aromatic carbocycles. The van der Waals surface area contributed by atoms with Gasteiger partial charge in [-0.2, -0.15) is 5.10 Å². The molecule has 104 valence electrons. The lowest BCUT2D eigenvalue weighted by molar-refractivity contribution is 0.191. The summed E-state index contributed by atoms with van der Waals surface area (Å²) in [6, 6.07) is 7.11. The molecule has 1 unspecified atom stereocenters. The van der Waals surface area contributed by atoms with E-state index in [1.165, 1.54) is 22.4 Å². The Bertz CT molecular complexity index is 634. The number of aromatic nitrogens is 2. The van der Waals surface area contributed by atoms with E-state index in [1.807, 2.05) is 6.20 Å². The van der Waals surface area contributed by atoms with E-state index in [9.17, 15) is 0 Å². The smallest absolute Gasteiger partial charge is 0.122 e. The predicted octanol–water partition coefficient (Wildman–Crippen LogP) is 2.46. The third kappa shape index (κ3) is 1.91. The third-order valence-electron chi connectivity index (χ3n) is 4.58. The molecular weight excluding hydrogens is 250 g/mol. The van der Waals surface area contributed by atoms with Crippen molar-refractivity contribution in [3.05, 3.63) is 46.8 Å². The van der Waals surface area contributed by atoms with Gasteiger partial charge in [0.25, 0.3) is 0 Å². The van der Waals surface area contributed by atoms with E-state index in [2.05, 4.69) is 40.2 Å². The van der Waals surface area contributed by atoms with E-state index in [0.29, 0.717) is 6.04 Å². The third-order valence-corrected chi connectivity index (χ3v) is 4.58. The molecular formula is C16H19N3O. The van der Waals surface area contributed by atoms with E-state index >= 15 is 0 Å². The van der Waals surface area contributed by atoms with E-state index in [1.54, 1.807) is 0 Å². The first-order chi connectivity index (χ1) is 9.81. The van der Waals surface area contributed by atoms with E-state index < -0.39 is 0 Å². The lowest BCUT2D eigenvalue weighted by Gasteiger charge is -2.32. The van der Waals surface area contributed by atoms with Crippen molar-refractivity contribution in [3.63, 3.8) is 0 Å². The van der Waals surface area contributed by atoms with Crippen molar-refractivity contribution in [2.45, 2.75) is 32.4 Å². The van der Waals surface area contributed by atoms with Crippen LogP contribution in [-0.2, 0) is 19.4 Å². The first-order valence-corrected chi connectivity index (χ1v) is 7.32. The van der Waals surface area contributed by atoms with Gasteiger partial charge in [0.05, 0.1) is 12.8 Å². The van der Waals surface area contributed by atoms with Crippen LogP contribution in [0.1, 0.15) is 35.3 Å². The van der Waals surface area contributed by atoms with Gasteiger partial charge in [0, 0.05) is 43.2 Å². The highest BCUT2D eigenvalue weighted by molar-refractivity contribution is 5.41. The summed E-state index contributed by atoms with van der Waals surface area (Å²) in [5.41, 5.74) is 5.32. The van der Waals surface area contributed by atoms with Crippen molar-refractivity contribution in [2.24, 2.45) is 0 Å². The van der Waals surface area contributed by atoms with Crippen molar-refractivity contribution in [1.82, 2.24) is 15.1 Å². The van der Waals surface area contributed by atoms with Crippen LogP contribution >= 0.6 is 0 Å². The van der Waals surface area contributed by atoms with E-state index in [-0.39, 0.29) is 0 Å². The van der Waals surface area contributed by atoms with Gasteiger partial charge in [-0.25, -0.2) is 0 Å². The molecule has 0 fully saturated rings. The monoisotopic (exact) mass is 269 g/mol. The minimum atomic E-state index is 0.410. The van der Waals surface area contributed by atoms with Crippen LogP contribution in [0.2, 0.25) is 0 Å². The fraction of sp³-hybridized carbons (Fsp3) is 0.438. The fourth-order valence-electron chi connectivity index (χ4n) is 3.23. The van der Waals surface area contributed by atoms with Crippen LogP contribution in [0, 0.1) is 0 Å². The number of nitrogens with zero attached hydrogens (tertiary/aromatic N) is 2. The van der Waals surface area contributed by atoms with Gasteiger partial charge in [0.15, 0.2) is 0 Å². The SMILES string of the molecule is CC(c1ccc2c(c1)OCC2)N1CCc2[nH]ncc2C1. The molecule has 0 spiro atoms. The summed E-state index contributed by atoms with van der Waals surface area (Å²) in [7, 11) is 0. The van der Waals surface area contributed by atoms with E-state index in [4.69, 9.17) is 4.74 Å². The second-order valence-electron chi connectivity index (χ2n) is 5.74. The van der Waals surface area contributed by atoms with Crippen LogP contribution in [0.3, 0.4) is 0 Å². The summed E-state index contributed by atoms with van der Waals surface area (Å²) < 4.78 is 5.69. The molecule has 2 aliphatic heterocycles. The number of fused-ring (bicyclic) bond motifs is 2. The van der Waals surface area contributed by atoms with Crippen LogP contribution in [0.15, 0.2) is 24.4 Å². The second kappa shape index (κ2) is 4.63. The molecule has 20 heavy (non-hydrogen) atoms. The molecule has 0 bridgehead atoms. The lowest BCUT2D eigenvalue weighted by Crippen LogP contribution is -2.32. The number of H-pyrrole nitrogens is 1. The molecule has 0 aliphatic carbocycles. The van der Waals surface area contributed by atoms with Crippen LogP contribution in [0.25, 0.3) is 0 Å². The number of benzene rings is 1. The highest BCUT2D eigenvalue weighted by atomic mass is 16.5. The summed E-state index contributed by atoms with van der Waals surface area (Å²) >= 11 is 0. The number of nitrogens with one attached hydrogen (secondary N) is 1. The topological polar surface area (TPSA) is 41.1 Å². The highest BCUT2D eigenvalue weighted by Crippen LogP contribution is 2.32. The van der Waals surface area contributed by atoms with Gasteiger partial charge >= 0.3 is 0 Å². The molecule has 3 heterocycles. The molecule has 2 aromatic rings. The Morgan fingerprint density at radius 3 is 3.20 bits per heavy atom. The van der Waals surface area contributed by atoms with Gasteiger partial charge in [-0.15, -0.1) is 0 Å². The van der Waals surface area contributed by atoms with Gasteiger partial charge in [-0.05, 0) is 24.1 Å². The summed E-state index contributed by atoms with van der Waals surface area (Å²) in [5, 5.41) is 7.24. The number of ether oxygens (including phenoxy) is 1. The highest BCUT2D eigenvalue weighted by Gasteiger charge is 2.24. The molecule has 0 radical (unpaired) electrons. The lowest BCUT2D eigenvalue weighted by atomic mass is 10.0. The standard InChI is InChI=1S/C16H19N3O/c1-11(13-3-2-12-5-7-20-16(12)8-13)19-6-4-15-14(10-19)9-17-18-15/h2-3,8-9,11H,4-7,10H2,1H3,(H,17,18). The molecule has 1 aromatic heterocycles. The van der Waals surface area contributed by atoms with Crippen LogP contribution in [-0.4, -0.2) is 28.2 Å². The maximum Gasteiger partial charge on any atom is 0.122 e. The average molecular weight is 269 g/mol. The number of aromatic amines is 1. The molecule has 0 saturated carbocycles. The molecule has 4 heteroatoms. The quantitative estimate of drug-likeness (QED) is 0.910. The zero-order chi connectivity index (χ0) is 13.5. The van der Waals surface area contributed by atoms with E-state index in [0.717, 1.165) is 38.3 Å². The normalized spacial score (nSPS) is 19.2. The number of hydrogen-bond acceptors (Lipinski definition) is 3. The molecule has 1 atom stereocenters. The van der Waals surface area contributed by atoms with Gasteiger partial charge in [0.1, 0.15) is 5.75 Å². The predicted molar refractivity (Wildman–Crippen MR) is 76.8 cm³/mol. The first kappa shape index (κ1) is 12.0. The van der Waals surface area contributed by atoms with Gasteiger partial charge in [-0.1, -0.05) is 12.1 Å². The minimum Gasteiger partial charge on any atom is -0.493 e. The average Bonchev–Trinajstić information content (AvgIpc) is 3.13. The fourth-order valence-corrected chi connectivity index (χ4v) is 3.23. The minimum absolute atomic E-state index is 0.410. The summed E-state index contributed by atoms with van der Waals surface area (Å²) in [6.07, 6.45) is 4.06. The molecule has 4 nitrogen and oxygen atoms in total. The Morgan fingerprint density at radius 2 is 2.25 bits per heavy atom. The Kier molecular flexibility index (Phi) is 2.77. The molecule has 4 rings (SSSR count). The first-order valence-electron chi connectivity index (χ1n) is 7.32. The second-order valence-corrected chi connectivity index (χ2v) is 5.74. The van der Waals surface area contributed by atoms with Crippen molar-refractivity contribution in [2.75, 3.05) is 13.2 Å². The van der Waals surface area contributed by atoms with Crippen LogP contribution in [0.4, 0.5) is 0 Å². The molecule has 0 saturated heterocycles. The number of rotatable bonds is 2. The molecule has 0 amide bonds. The maximum atomic E-state index is 5.69. The summed E-state index contributed by atoms with van der Waals surface area (Å²) in [5.74, 6) is 1.08. The zero-order valence-corrected chi connectivity index (χ0v) is 11.7. The zero-order valence-electron chi connectivity index (χ0n) is 11.7. The summed E-state index contributed by atoms with van der Waals surface area (Å²) in [6.45, 7) is 5.16. The largest absolute Gasteiger partial charge is 0.493 e. The van der Waals surface area contributed by atoms with Crippen molar-refractivity contribution in [3.8, 4) is 5.75 Å². The molecule has 2 aliphatic rings. The van der Waals surface area contributed by atoms with Crippen molar-refractivity contribution >= 4 is 0 Å². The van der Waals surface area contributed by atoms with Gasteiger partial charge in [0.2, 0.25) is 0 Å². The molecule has 1 N–H and O–H groups in total.